The molecule has 0 heterocycles. The third-order valence-corrected chi connectivity index (χ3v) is 4.99. The van der Waals surface area contributed by atoms with Gasteiger partial charge in [0.1, 0.15) is 5.75 Å². The highest BCUT2D eigenvalue weighted by molar-refractivity contribution is 7.91. The molecule has 0 aliphatic heterocycles. The Labute approximate surface area is 122 Å². The maximum atomic E-state index is 12.2. The summed E-state index contributed by atoms with van der Waals surface area (Å²) in [5.74, 6) is 1.43. The molecule has 20 heavy (non-hydrogen) atoms. The molecular formula is C15H25NO3S. The molecule has 1 unspecified atom stereocenters. The van der Waals surface area contributed by atoms with Crippen LogP contribution in [0.1, 0.15) is 31.9 Å². The van der Waals surface area contributed by atoms with Crippen LogP contribution in [0.4, 0.5) is 0 Å². The molecule has 1 N–H and O–H groups in total. The third kappa shape index (κ3) is 5.13. The van der Waals surface area contributed by atoms with Crippen LogP contribution < -0.4 is 10.1 Å². The first-order chi connectivity index (χ1) is 9.39. The zero-order valence-electron chi connectivity index (χ0n) is 12.7. The number of ether oxygens (including phenoxy) is 1. The quantitative estimate of drug-likeness (QED) is 0.801. The van der Waals surface area contributed by atoms with Crippen molar-refractivity contribution in [3.8, 4) is 5.75 Å². The molecule has 0 fully saturated rings. The first-order valence-corrected chi connectivity index (χ1v) is 8.72. The Kier molecular flexibility index (Phi) is 6.49. The number of rotatable bonds is 8. The van der Waals surface area contributed by atoms with E-state index in [1.54, 1.807) is 14.2 Å². The van der Waals surface area contributed by atoms with Crippen molar-refractivity contribution in [2.45, 2.75) is 26.3 Å². The van der Waals surface area contributed by atoms with Crippen LogP contribution in [-0.4, -0.2) is 34.1 Å². The molecule has 1 atom stereocenters. The topological polar surface area (TPSA) is 55.4 Å². The molecule has 1 aromatic rings. The minimum atomic E-state index is -3.08. The summed E-state index contributed by atoms with van der Waals surface area (Å²) in [6.07, 6.45) is 0.699. The molecule has 0 amide bonds. The predicted molar refractivity (Wildman–Crippen MR) is 82.9 cm³/mol. The highest BCUT2D eigenvalue weighted by Crippen LogP contribution is 2.26. The van der Waals surface area contributed by atoms with Gasteiger partial charge in [0.05, 0.1) is 18.6 Å². The summed E-state index contributed by atoms with van der Waals surface area (Å²) >= 11 is 0. The number of methoxy groups -OCH3 is 1. The highest BCUT2D eigenvalue weighted by atomic mass is 32.2. The van der Waals surface area contributed by atoms with Crippen LogP contribution >= 0.6 is 0 Å². The number of sulfone groups is 1. The second-order valence-corrected chi connectivity index (χ2v) is 7.61. The summed E-state index contributed by atoms with van der Waals surface area (Å²) in [5, 5.41) is 3.08. The van der Waals surface area contributed by atoms with E-state index < -0.39 is 9.84 Å². The number of hydrogen-bond donors (Lipinski definition) is 1. The van der Waals surface area contributed by atoms with Gasteiger partial charge in [0.2, 0.25) is 0 Å². The van der Waals surface area contributed by atoms with Crippen molar-refractivity contribution in [1.29, 1.82) is 0 Å². The lowest BCUT2D eigenvalue weighted by Gasteiger charge is -2.19. The Bertz CT molecular complexity index is 512. The summed E-state index contributed by atoms with van der Waals surface area (Å²) in [6, 6.07) is 7.27. The van der Waals surface area contributed by atoms with Crippen LogP contribution in [0.2, 0.25) is 0 Å². The SMILES string of the molecule is CNC(CS(=O)(=O)CCC(C)C)c1ccccc1OC. The van der Waals surface area contributed by atoms with Crippen molar-refractivity contribution in [2.24, 2.45) is 5.92 Å². The molecule has 0 bridgehead atoms. The van der Waals surface area contributed by atoms with Gasteiger partial charge in [-0.3, -0.25) is 0 Å². The summed E-state index contributed by atoms with van der Waals surface area (Å²) in [5.41, 5.74) is 0.880. The van der Waals surface area contributed by atoms with E-state index in [0.717, 1.165) is 5.56 Å². The van der Waals surface area contributed by atoms with Crippen LogP contribution in [0.3, 0.4) is 0 Å². The summed E-state index contributed by atoms with van der Waals surface area (Å²) in [7, 11) is 0.290. The molecular weight excluding hydrogens is 274 g/mol. The number of nitrogens with one attached hydrogen (secondary N) is 1. The highest BCUT2D eigenvalue weighted by Gasteiger charge is 2.22. The van der Waals surface area contributed by atoms with Gasteiger partial charge in [0, 0.05) is 11.6 Å². The molecule has 0 aromatic heterocycles. The second-order valence-electron chi connectivity index (χ2n) is 5.38. The standard InChI is InChI=1S/C15H25NO3S/c1-12(2)9-10-20(17,18)11-14(16-3)13-7-5-6-8-15(13)19-4/h5-8,12,14,16H,9-11H2,1-4H3. The summed E-state index contributed by atoms with van der Waals surface area (Å²) < 4.78 is 29.7. The minimum Gasteiger partial charge on any atom is -0.496 e. The van der Waals surface area contributed by atoms with Crippen LogP contribution in [0, 0.1) is 5.92 Å². The Hall–Kier alpha value is -1.07. The smallest absolute Gasteiger partial charge is 0.152 e. The molecule has 0 saturated heterocycles. The fourth-order valence-corrected chi connectivity index (χ4v) is 3.89. The minimum absolute atomic E-state index is 0.0938. The van der Waals surface area contributed by atoms with Gasteiger partial charge in [-0.25, -0.2) is 8.42 Å². The maximum Gasteiger partial charge on any atom is 0.152 e. The van der Waals surface area contributed by atoms with Crippen LogP contribution in [0.25, 0.3) is 0 Å². The Morgan fingerprint density at radius 2 is 1.90 bits per heavy atom. The fraction of sp³-hybridized carbons (Fsp3) is 0.600. The normalized spacial score (nSPS) is 13.4. The number of hydrogen-bond acceptors (Lipinski definition) is 4. The molecule has 5 heteroatoms. The molecule has 0 radical (unpaired) electrons. The Balaban J connectivity index is 2.86. The van der Waals surface area contributed by atoms with Gasteiger partial charge < -0.3 is 10.1 Å². The van der Waals surface area contributed by atoms with E-state index in [1.165, 1.54) is 0 Å². The Morgan fingerprint density at radius 1 is 1.25 bits per heavy atom. The number of para-hydroxylation sites is 1. The molecule has 1 rings (SSSR count). The average molecular weight is 299 g/mol. The predicted octanol–water partition coefficient (Wildman–Crippen LogP) is 2.42. The monoisotopic (exact) mass is 299 g/mol. The maximum absolute atomic E-state index is 12.2. The number of benzene rings is 1. The van der Waals surface area contributed by atoms with Gasteiger partial charge in [0.25, 0.3) is 0 Å². The lowest BCUT2D eigenvalue weighted by Crippen LogP contribution is -2.27. The second kappa shape index (κ2) is 7.64. The van der Waals surface area contributed by atoms with Gasteiger partial charge in [-0.1, -0.05) is 32.0 Å². The van der Waals surface area contributed by atoms with E-state index in [2.05, 4.69) is 5.32 Å². The van der Waals surface area contributed by atoms with E-state index in [9.17, 15) is 8.42 Å². The lowest BCUT2D eigenvalue weighted by atomic mass is 10.1. The van der Waals surface area contributed by atoms with Gasteiger partial charge in [-0.2, -0.15) is 0 Å². The van der Waals surface area contributed by atoms with Crippen molar-refractivity contribution < 1.29 is 13.2 Å². The molecule has 0 aliphatic carbocycles. The average Bonchev–Trinajstić information content (AvgIpc) is 2.43. The van der Waals surface area contributed by atoms with E-state index in [0.29, 0.717) is 18.1 Å². The zero-order chi connectivity index (χ0) is 15.2. The summed E-state index contributed by atoms with van der Waals surface area (Å²) in [4.78, 5) is 0. The van der Waals surface area contributed by atoms with Crippen molar-refractivity contribution in [3.05, 3.63) is 29.8 Å². The van der Waals surface area contributed by atoms with E-state index in [4.69, 9.17) is 4.74 Å². The molecule has 114 valence electrons. The largest absolute Gasteiger partial charge is 0.496 e. The van der Waals surface area contributed by atoms with Crippen LogP contribution in [0.5, 0.6) is 5.75 Å². The Morgan fingerprint density at radius 3 is 2.45 bits per heavy atom. The first-order valence-electron chi connectivity index (χ1n) is 6.90. The summed E-state index contributed by atoms with van der Waals surface area (Å²) in [6.45, 7) is 4.07. The van der Waals surface area contributed by atoms with Crippen molar-refractivity contribution in [3.63, 3.8) is 0 Å². The fourth-order valence-electron chi connectivity index (χ4n) is 2.04. The first kappa shape index (κ1) is 17.0. The third-order valence-electron chi connectivity index (χ3n) is 3.29. The van der Waals surface area contributed by atoms with Crippen LogP contribution in [-0.2, 0) is 9.84 Å². The van der Waals surface area contributed by atoms with Gasteiger partial charge in [0.15, 0.2) is 9.84 Å². The zero-order valence-corrected chi connectivity index (χ0v) is 13.5. The van der Waals surface area contributed by atoms with E-state index >= 15 is 0 Å². The van der Waals surface area contributed by atoms with Gasteiger partial charge in [-0.15, -0.1) is 0 Å². The molecule has 0 spiro atoms. The van der Waals surface area contributed by atoms with Crippen molar-refractivity contribution in [1.82, 2.24) is 5.32 Å². The molecule has 1 aromatic carbocycles. The molecule has 4 nitrogen and oxygen atoms in total. The van der Waals surface area contributed by atoms with Gasteiger partial charge in [-0.05, 0) is 25.5 Å². The van der Waals surface area contributed by atoms with Gasteiger partial charge >= 0.3 is 0 Å². The lowest BCUT2D eigenvalue weighted by molar-refractivity contribution is 0.404. The van der Waals surface area contributed by atoms with E-state index in [1.807, 2.05) is 38.1 Å². The molecule has 0 saturated carbocycles. The van der Waals surface area contributed by atoms with Crippen LogP contribution in [0.15, 0.2) is 24.3 Å². The van der Waals surface area contributed by atoms with Crippen molar-refractivity contribution >= 4 is 9.84 Å². The van der Waals surface area contributed by atoms with E-state index in [-0.39, 0.29) is 17.5 Å². The molecule has 0 aliphatic rings. The van der Waals surface area contributed by atoms with Crippen molar-refractivity contribution in [2.75, 3.05) is 25.7 Å².